The van der Waals surface area contributed by atoms with E-state index in [0.717, 1.165) is 17.5 Å². The van der Waals surface area contributed by atoms with Gasteiger partial charge in [-0.2, -0.15) is 0 Å². The second-order valence-electron chi connectivity index (χ2n) is 5.47. The lowest BCUT2D eigenvalue weighted by molar-refractivity contribution is 0.648. The molecule has 1 atom stereocenters. The molecule has 1 aromatic heterocycles. The van der Waals surface area contributed by atoms with Crippen LogP contribution in [0.25, 0.3) is 0 Å². The molecule has 0 aliphatic rings. The fraction of sp³-hybridized carbons (Fsp3) is 0.412. The lowest BCUT2D eigenvalue weighted by Gasteiger charge is -2.27. The predicted molar refractivity (Wildman–Crippen MR) is 99.4 cm³/mol. The standard InChI is InChI=1S/C17H25N5S/c1-13(22(4)15-8-6-5-7-9-15)10-20-17(18-3)21-12-16-19-11-14(2)23-16/h5-9,11,13H,10,12H2,1-4H3,(H2,18,20,21). The second kappa shape index (κ2) is 8.53. The molecule has 1 unspecified atom stereocenters. The highest BCUT2D eigenvalue weighted by Gasteiger charge is 2.10. The molecule has 0 saturated carbocycles. The Balaban J connectivity index is 1.80. The molecule has 6 heteroatoms. The van der Waals surface area contributed by atoms with E-state index in [2.05, 4.69) is 70.7 Å². The zero-order valence-corrected chi connectivity index (χ0v) is 15.0. The van der Waals surface area contributed by atoms with Crippen molar-refractivity contribution in [3.05, 3.63) is 46.4 Å². The summed E-state index contributed by atoms with van der Waals surface area (Å²) in [5.74, 6) is 0.797. The molecule has 0 bridgehead atoms. The maximum absolute atomic E-state index is 4.35. The number of nitrogens with one attached hydrogen (secondary N) is 2. The average Bonchev–Trinajstić information content (AvgIpc) is 3.00. The average molecular weight is 331 g/mol. The molecule has 5 nitrogen and oxygen atoms in total. The third-order valence-corrected chi connectivity index (χ3v) is 4.60. The second-order valence-corrected chi connectivity index (χ2v) is 6.79. The summed E-state index contributed by atoms with van der Waals surface area (Å²) in [7, 11) is 3.89. The highest BCUT2D eigenvalue weighted by atomic mass is 32.1. The molecule has 23 heavy (non-hydrogen) atoms. The third-order valence-electron chi connectivity index (χ3n) is 3.69. The van der Waals surface area contributed by atoms with Crippen molar-refractivity contribution in [1.29, 1.82) is 0 Å². The van der Waals surface area contributed by atoms with Gasteiger partial charge < -0.3 is 15.5 Å². The molecular formula is C17H25N5S. The number of anilines is 1. The Bertz CT molecular complexity index is 623. The zero-order chi connectivity index (χ0) is 16.7. The summed E-state index contributed by atoms with van der Waals surface area (Å²) in [6.45, 7) is 5.76. The molecule has 1 aromatic carbocycles. The Morgan fingerprint density at radius 1 is 1.30 bits per heavy atom. The smallest absolute Gasteiger partial charge is 0.191 e. The minimum atomic E-state index is 0.345. The van der Waals surface area contributed by atoms with Crippen molar-refractivity contribution in [1.82, 2.24) is 15.6 Å². The highest BCUT2D eigenvalue weighted by Crippen LogP contribution is 2.13. The molecular weight excluding hydrogens is 306 g/mol. The van der Waals surface area contributed by atoms with Crippen molar-refractivity contribution in [2.24, 2.45) is 4.99 Å². The Kier molecular flexibility index (Phi) is 6.40. The molecule has 0 radical (unpaired) electrons. The summed E-state index contributed by atoms with van der Waals surface area (Å²) in [4.78, 5) is 12.1. The number of likely N-dealkylation sites (N-methyl/N-ethyl adjacent to an activating group) is 1. The van der Waals surface area contributed by atoms with Crippen LogP contribution in [0.1, 0.15) is 16.8 Å². The quantitative estimate of drug-likeness (QED) is 0.631. The maximum atomic E-state index is 4.35. The predicted octanol–water partition coefficient (Wildman–Crippen LogP) is 2.64. The number of nitrogens with zero attached hydrogens (tertiary/aromatic N) is 3. The van der Waals surface area contributed by atoms with E-state index in [1.54, 1.807) is 18.4 Å². The lowest BCUT2D eigenvalue weighted by Crippen LogP contribution is -2.44. The Hall–Kier alpha value is -2.08. The highest BCUT2D eigenvalue weighted by molar-refractivity contribution is 7.11. The van der Waals surface area contributed by atoms with Gasteiger partial charge in [0.2, 0.25) is 0 Å². The van der Waals surface area contributed by atoms with Crippen LogP contribution in [0.4, 0.5) is 5.69 Å². The van der Waals surface area contributed by atoms with Crippen molar-refractivity contribution in [3.63, 3.8) is 0 Å². The molecule has 0 aliphatic carbocycles. The van der Waals surface area contributed by atoms with Crippen molar-refractivity contribution in [3.8, 4) is 0 Å². The summed E-state index contributed by atoms with van der Waals surface area (Å²) < 4.78 is 0. The number of thiazole rings is 1. The van der Waals surface area contributed by atoms with Crippen molar-refractivity contribution in [2.45, 2.75) is 26.4 Å². The van der Waals surface area contributed by atoms with Gasteiger partial charge in [0.1, 0.15) is 5.01 Å². The number of guanidine groups is 1. The largest absolute Gasteiger partial charge is 0.370 e. The first-order chi connectivity index (χ1) is 11.1. The van der Waals surface area contributed by atoms with Crippen LogP contribution in [0.3, 0.4) is 0 Å². The molecule has 0 amide bonds. The van der Waals surface area contributed by atoms with Crippen LogP contribution in [0.15, 0.2) is 41.5 Å². The Morgan fingerprint density at radius 3 is 2.65 bits per heavy atom. The van der Waals surface area contributed by atoms with Crippen LogP contribution >= 0.6 is 11.3 Å². The number of benzene rings is 1. The summed E-state index contributed by atoms with van der Waals surface area (Å²) in [6.07, 6.45) is 1.90. The van der Waals surface area contributed by atoms with E-state index in [1.807, 2.05) is 12.3 Å². The minimum absolute atomic E-state index is 0.345. The Labute approximate surface area is 142 Å². The van der Waals surface area contributed by atoms with Crippen molar-refractivity contribution >= 4 is 23.0 Å². The normalized spacial score (nSPS) is 12.8. The van der Waals surface area contributed by atoms with Crippen LogP contribution in [0, 0.1) is 6.92 Å². The molecule has 0 aliphatic heterocycles. The van der Waals surface area contributed by atoms with Gasteiger partial charge in [0.05, 0.1) is 6.54 Å². The van der Waals surface area contributed by atoms with Crippen LogP contribution in [-0.4, -0.2) is 37.6 Å². The summed E-state index contributed by atoms with van der Waals surface area (Å²) in [6, 6.07) is 10.7. The van der Waals surface area contributed by atoms with Gasteiger partial charge in [0.15, 0.2) is 5.96 Å². The lowest BCUT2D eigenvalue weighted by atomic mass is 10.2. The summed E-state index contributed by atoms with van der Waals surface area (Å²) >= 11 is 1.70. The van der Waals surface area contributed by atoms with E-state index < -0.39 is 0 Å². The first-order valence-corrected chi connectivity index (χ1v) is 8.55. The number of hydrogen-bond donors (Lipinski definition) is 2. The van der Waals surface area contributed by atoms with E-state index in [-0.39, 0.29) is 0 Å². The van der Waals surface area contributed by atoms with Crippen LogP contribution in [-0.2, 0) is 6.54 Å². The number of rotatable bonds is 6. The van der Waals surface area contributed by atoms with E-state index in [9.17, 15) is 0 Å². The van der Waals surface area contributed by atoms with E-state index in [1.165, 1.54) is 10.6 Å². The molecule has 2 N–H and O–H groups in total. The number of para-hydroxylation sites is 1. The van der Waals surface area contributed by atoms with Crippen molar-refractivity contribution in [2.75, 3.05) is 25.5 Å². The van der Waals surface area contributed by atoms with Gasteiger partial charge in [0, 0.05) is 43.4 Å². The zero-order valence-electron chi connectivity index (χ0n) is 14.2. The van der Waals surface area contributed by atoms with E-state index in [4.69, 9.17) is 0 Å². The van der Waals surface area contributed by atoms with Gasteiger partial charge in [-0.05, 0) is 26.0 Å². The van der Waals surface area contributed by atoms with Crippen LogP contribution in [0.5, 0.6) is 0 Å². The maximum Gasteiger partial charge on any atom is 0.191 e. The molecule has 2 aromatic rings. The van der Waals surface area contributed by atoms with E-state index >= 15 is 0 Å². The minimum Gasteiger partial charge on any atom is -0.370 e. The van der Waals surface area contributed by atoms with Gasteiger partial charge in [-0.15, -0.1) is 11.3 Å². The Morgan fingerprint density at radius 2 is 2.04 bits per heavy atom. The molecule has 0 spiro atoms. The number of aryl methyl sites for hydroxylation is 1. The van der Waals surface area contributed by atoms with Gasteiger partial charge in [-0.1, -0.05) is 18.2 Å². The molecule has 2 rings (SSSR count). The SMILES string of the molecule is CN=C(NCc1ncc(C)s1)NCC(C)N(C)c1ccccc1. The van der Waals surface area contributed by atoms with E-state index in [0.29, 0.717) is 12.6 Å². The number of aliphatic imine (C=N–C) groups is 1. The summed E-state index contributed by atoms with van der Waals surface area (Å²) in [5.41, 5.74) is 1.21. The fourth-order valence-corrected chi connectivity index (χ4v) is 2.89. The molecule has 0 fully saturated rings. The van der Waals surface area contributed by atoms with Crippen LogP contribution < -0.4 is 15.5 Å². The van der Waals surface area contributed by atoms with Crippen molar-refractivity contribution < 1.29 is 0 Å². The van der Waals surface area contributed by atoms with Crippen LogP contribution in [0.2, 0.25) is 0 Å². The molecule has 124 valence electrons. The van der Waals surface area contributed by atoms with Gasteiger partial charge in [0.25, 0.3) is 0 Å². The van der Waals surface area contributed by atoms with Gasteiger partial charge in [-0.25, -0.2) is 4.98 Å². The number of aromatic nitrogens is 1. The molecule has 1 heterocycles. The number of hydrogen-bond acceptors (Lipinski definition) is 4. The fourth-order valence-electron chi connectivity index (χ4n) is 2.16. The third kappa shape index (κ3) is 5.25. The first kappa shape index (κ1) is 17.3. The summed E-state index contributed by atoms with van der Waals surface area (Å²) in [5, 5.41) is 7.74. The first-order valence-electron chi connectivity index (χ1n) is 7.74. The topological polar surface area (TPSA) is 52.6 Å². The monoisotopic (exact) mass is 331 g/mol. The van der Waals surface area contributed by atoms with Gasteiger partial charge >= 0.3 is 0 Å². The molecule has 0 saturated heterocycles. The van der Waals surface area contributed by atoms with Gasteiger partial charge in [-0.3, -0.25) is 4.99 Å².